The van der Waals surface area contributed by atoms with Gasteiger partial charge in [-0.1, -0.05) is 49.3 Å². The van der Waals surface area contributed by atoms with E-state index in [1.165, 1.54) is 11.8 Å². The van der Waals surface area contributed by atoms with Gasteiger partial charge in [0, 0.05) is 25.3 Å². The number of carboxylic acid groups (broad SMARTS) is 1. The molecule has 2 rings (SSSR count). The smallest absolute Gasteiger partial charge is 0.326 e. The molecule has 0 aliphatic carbocycles. The van der Waals surface area contributed by atoms with Gasteiger partial charge in [-0.2, -0.15) is 4.98 Å². The fourth-order valence-corrected chi connectivity index (χ4v) is 2.32. The SMILES string of the molecule is CC(C)c1noc(CCC(=O)N(Cc2ccccc2)C(C)C(=O)O)n1. The van der Waals surface area contributed by atoms with Crippen LogP contribution in [0.2, 0.25) is 0 Å². The van der Waals surface area contributed by atoms with Crippen molar-refractivity contribution in [1.82, 2.24) is 15.0 Å². The van der Waals surface area contributed by atoms with Gasteiger partial charge in [-0.15, -0.1) is 0 Å². The van der Waals surface area contributed by atoms with Crippen LogP contribution in [0.5, 0.6) is 0 Å². The molecule has 0 bridgehead atoms. The number of carbonyl (C=O) groups excluding carboxylic acids is 1. The molecule has 0 fully saturated rings. The van der Waals surface area contributed by atoms with Gasteiger partial charge >= 0.3 is 5.97 Å². The number of amides is 1. The van der Waals surface area contributed by atoms with E-state index in [9.17, 15) is 14.7 Å². The number of rotatable bonds is 8. The third-order valence-electron chi connectivity index (χ3n) is 3.89. The van der Waals surface area contributed by atoms with Crippen LogP contribution in [0, 0.1) is 0 Å². The molecule has 0 spiro atoms. The van der Waals surface area contributed by atoms with Crippen molar-refractivity contribution in [1.29, 1.82) is 0 Å². The van der Waals surface area contributed by atoms with Crippen molar-refractivity contribution in [2.45, 2.75) is 52.1 Å². The first-order valence-electron chi connectivity index (χ1n) is 8.27. The minimum Gasteiger partial charge on any atom is -0.480 e. The van der Waals surface area contributed by atoms with E-state index < -0.39 is 12.0 Å². The first-order chi connectivity index (χ1) is 11.9. The highest BCUT2D eigenvalue weighted by molar-refractivity contribution is 5.83. The van der Waals surface area contributed by atoms with E-state index in [-0.39, 0.29) is 31.2 Å². The Morgan fingerprint density at radius 2 is 1.88 bits per heavy atom. The number of carboxylic acids is 1. The fourth-order valence-electron chi connectivity index (χ4n) is 2.32. The number of hydrogen-bond donors (Lipinski definition) is 1. The van der Waals surface area contributed by atoms with E-state index in [2.05, 4.69) is 10.1 Å². The van der Waals surface area contributed by atoms with E-state index in [4.69, 9.17) is 4.52 Å². The van der Waals surface area contributed by atoms with Crippen molar-refractivity contribution in [3.63, 3.8) is 0 Å². The highest BCUT2D eigenvalue weighted by atomic mass is 16.5. The van der Waals surface area contributed by atoms with Crippen LogP contribution in [-0.2, 0) is 22.6 Å². The monoisotopic (exact) mass is 345 g/mol. The van der Waals surface area contributed by atoms with E-state index in [0.717, 1.165) is 5.56 Å². The zero-order valence-electron chi connectivity index (χ0n) is 14.7. The predicted octanol–water partition coefficient (Wildman–Crippen LogP) is 2.63. The maximum Gasteiger partial charge on any atom is 0.326 e. The minimum absolute atomic E-state index is 0.115. The van der Waals surface area contributed by atoms with Crippen molar-refractivity contribution < 1.29 is 19.2 Å². The molecule has 2 aromatic rings. The highest BCUT2D eigenvalue weighted by Crippen LogP contribution is 2.14. The molecular weight excluding hydrogens is 322 g/mol. The normalized spacial score (nSPS) is 12.2. The Balaban J connectivity index is 2.05. The second-order valence-corrected chi connectivity index (χ2v) is 6.22. The fraction of sp³-hybridized carbons (Fsp3) is 0.444. The number of hydrogen-bond acceptors (Lipinski definition) is 5. The number of aryl methyl sites for hydroxylation is 1. The lowest BCUT2D eigenvalue weighted by Gasteiger charge is -2.26. The number of benzene rings is 1. The van der Waals surface area contributed by atoms with Crippen LogP contribution in [0.1, 0.15) is 50.4 Å². The summed E-state index contributed by atoms with van der Waals surface area (Å²) in [6, 6.07) is 8.40. The summed E-state index contributed by atoms with van der Waals surface area (Å²) in [5.41, 5.74) is 0.879. The summed E-state index contributed by atoms with van der Waals surface area (Å²) in [6.07, 6.45) is 0.403. The number of aliphatic carboxylic acids is 1. The Bertz CT molecular complexity index is 712. The van der Waals surface area contributed by atoms with Crippen LogP contribution in [0.4, 0.5) is 0 Å². The molecule has 134 valence electrons. The van der Waals surface area contributed by atoms with E-state index >= 15 is 0 Å². The summed E-state index contributed by atoms with van der Waals surface area (Å²) in [5, 5.41) is 13.2. The van der Waals surface area contributed by atoms with Gasteiger partial charge in [0.25, 0.3) is 0 Å². The Morgan fingerprint density at radius 3 is 2.44 bits per heavy atom. The van der Waals surface area contributed by atoms with Gasteiger partial charge < -0.3 is 14.5 Å². The first kappa shape index (κ1) is 18.6. The Kier molecular flexibility index (Phi) is 6.27. The van der Waals surface area contributed by atoms with E-state index in [1.807, 2.05) is 44.2 Å². The first-order valence-corrected chi connectivity index (χ1v) is 8.27. The lowest BCUT2D eigenvalue weighted by molar-refractivity contribution is -0.150. The van der Waals surface area contributed by atoms with Crippen LogP contribution in [-0.4, -0.2) is 38.1 Å². The van der Waals surface area contributed by atoms with Crippen molar-refractivity contribution in [3.05, 3.63) is 47.6 Å². The minimum atomic E-state index is -1.04. The molecule has 0 radical (unpaired) electrons. The molecule has 1 unspecified atom stereocenters. The summed E-state index contributed by atoms with van der Waals surface area (Å²) in [7, 11) is 0. The van der Waals surface area contributed by atoms with Gasteiger partial charge in [0.15, 0.2) is 5.82 Å². The molecule has 1 amide bonds. The van der Waals surface area contributed by atoms with Crippen LogP contribution < -0.4 is 0 Å². The topological polar surface area (TPSA) is 96.5 Å². The summed E-state index contributed by atoms with van der Waals surface area (Å²) >= 11 is 0. The lowest BCUT2D eigenvalue weighted by Crippen LogP contribution is -2.42. The third-order valence-corrected chi connectivity index (χ3v) is 3.89. The summed E-state index contributed by atoms with van der Waals surface area (Å²) < 4.78 is 5.13. The lowest BCUT2D eigenvalue weighted by atomic mass is 10.1. The van der Waals surface area contributed by atoms with Gasteiger partial charge in [0.05, 0.1) is 0 Å². The predicted molar refractivity (Wildman–Crippen MR) is 90.8 cm³/mol. The Hall–Kier alpha value is -2.70. The standard InChI is InChI=1S/C18H23N3O4/c1-12(2)17-19-15(25-20-17)9-10-16(22)21(13(3)18(23)24)11-14-7-5-4-6-8-14/h4-8,12-13H,9-11H2,1-3H3,(H,23,24). The third kappa shape index (κ3) is 5.14. The van der Waals surface area contributed by atoms with Gasteiger partial charge in [-0.05, 0) is 12.5 Å². The largest absolute Gasteiger partial charge is 0.480 e. The number of nitrogens with zero attached hydrogens (tertiary/aromatic N) is 3. The molecule has 7 nitrogen and oxygen atoms in total. The molecule has 7 heteroatoms. The molecule has 1 N–H and O–H groups in total. The summed E-state index contributed by atoms with van der Waals surface area (Å²) in [5.74, 6) is -0.163. The van der Waals surface area contributed by atoms with Crippen LogP contribution in [0.15, 0.2) is 34.9 Å². The van der Waals surface area contributed by atoms with Crippen molar-refractivity contribution >= 4 is 11.9 Å². The molecule has 0 saturated heterocycles. The van der Waals surface area contributed by atoms with Crippen molar-refractivity contribution in [3.8, 4) is 0 Å². The molecule has 1 heterocycles. The maximum absolute atomic E-state index is 12.6. The maximum atomic E-state index is 12.6. The Labute approximate surface area is 146 Å². The molecule has 0 saturated carbocycles. The highest BCUT2D eigenvalue weighted by Gasteiger charge is 2.26. The van der Waals surface area contributed by atoms with Crippen molar-refractivity contribution in [2.75, 3.05) is 0 Å². The van der Waals surface area contributed by atoms with Gasteiger partial charge in [0.2, 0.25) is 11.8 Å². The van der Waals surface area contributed by atoms with Crippen molar-refractivity contribution in [2.24, 2.45) is 0 Å². The number of carbonyl (C=O) groups is 2. The molecule has 1 aromatic heterocycles. The second-order valence-electron chi connectivity index (χ2n) is 6.22. The molecule has 25 heavy (non-hydrogen) atoms. The van der Waals surface area contributed by atoms with Crippen LogP contribution >= 0.6 is 0 Å². The van der Waals surface area contributed by atoms with Gasteiger partial charge in [0.1, 0.15) is 6.04 Å². The summed E-state index contributed by atoms with van der Waals surface area (Å²) in [6.45, 7) is 5.66. The number of aromatic nitrogens is 2. The van der Waals surface area contributed by atoms with Crippen LogP contribution in [0.3, 0.4) is 0 Å². The van der Waals surface area contributed by atoms with E-state index in [1.54, 1.807) is 0 Å². The molecule has 0 aliphatic heterocycles. The van der Waals surface area contributed by atoms with E-state index in [0.29, 0.717) is 11.7 Å². The van der Waals surface area contributed by atoms with Gasteiger partial charge in [-0.3, -0.25) is 4.79 Å². The molecular formula is C18H23N3O4. The average molecular weight is 345 g/mol. The second kappa shape index (κ2) is 8.41. The zero-order valence-corrected chi connectivity index (χ0v) is 14.7. The molecule has 0 aliphatic rings. The Morgan fingerprint density at radius 1 is 1.20 bits per heavy atom. The average Bonchev–Trinajstić information content (AvgIpc) is 3.07. The zero-order chi connectivity index (χ0) is 18.4. The molecule has 1 aromatic carbocycles. The van der Waals surface area contributed by atoms with Crippen LogP contribution in [0.25, 0.3) is 0 Å². The quantitative estimate of drug-likeness (QED) is 0.790. The summed E-state index contributed by atoms with van der Waals surface area (Å²) in [4.78, 5) is 29.5. The molecule has 1 atom stereocenters. The van der Waals surface area contributed by atoms with Gasteiger partial charge in [-0.25, -0.2) is 4.79 Å².